The topological polar surface area (TPSA) is 0 Å². The SMILES string of the molecule is C1=C[C](C2CCCCC2)([Ti]([c]2ccccc2)([c]2ccccc2)[C]2(C3CCCCC3)C=CC=C2)C=C1. The second-order valence-electron chi connectivity index (χ2n) is 11.5. The summed E-state index contributed by atoms with van der Waals surface area (Å²) in [6.45, 7) is 0. The molecule has 180 valence electrons. The van der Waals surface area contributed by atoms with Crippen LogP contribution in [0.1, 0.15) is 64.2 Å². The van der Waals surface area contributed by atoms with Crippen LogP contribution < -0.4 is 7.74 Å². The van der Waals surface area contributed by atoms with Gasteiger partial charge in [0.1, 0.15) is 0 Å². The molecule has 0 amide bonds. The molecule has 6 rings (SSSR count). The Balaban J connectivity index is 1.73. The first-order valence-electron chi connectivity index (χ1n) is 14.2. The van der Waals surface area contributed by atoms with E-state index in [-0.39, 0.29) is 7.44 Å². The minimum atomic E-state index is -3.31. The molecule has 0 unspecified atom stereocenters. The van der Waals surface area contributed by atoms with E-state index in [0.717, 1.165) is 11.8 Å². The molecule has 0 spiro atoms. The number of hydrogen-bond donors (Lipinski definition) is 0. The molecule has 0 radical (unpaired) electrons. The van der Waals surface area contributed by atoms with Crippen LogP contribution in [0, 0.1) is 11.8 Å². The third kappa shape index (κ3) is 3.59. The number of benzene rings is 2. The molecule has 0 heterocycles. The van der Waals surface area contributed by atoms with Crippen LogP contribution in [0.4, 0.5) is 0 Å². The van der Waals surface area contributed by atoms with Crippen LogP contribution in [0.3, 0.4) is 0 Å². The van der Waals surface area contributed by atoms with Crippen LogP contribution in [0.25, 0.3) is 0 Å². The Morgan fingerprint density at radius 3 is 1.14 bits per heavy atom. The Bertz CT molecular complexity index is 992. The van der Waals surface area contributed by atoms with E-state index in [1.165, 1.54) is 64.2 Å². The molecule has 0 aliphatic heterocycles. The standard InChI is InChI=1S/2C11H15.2C6H5.Ti/c2*1-2-6-10(7-3-1)11-8-4-5-9-11;2*1-2-4-6-5-3-1;/h2*4-5,8-10H,1-3,6-7H2;2*1-5H;. The summed E-state index contributed by atoms with van der Waals surface area (Å²) in [4.78, 5) is 0. The molecule has 0 saturated heterocycles. The first-order chi connectivity index (χ1) is 17.3. The van der Waals surface area contributed by atoms with Gasteiger partial charge in [-0.25, -0.2) is 0 Å². The molecule has 0 bridgehead atoms. The van der Waals surface area contributed by atoms with E-state index in [2.05, 4.69) is 109 Å². The Morgan fingerprint density at radius 1 is 0.457 bits per heavy atom. The van der Waals surface area contributed by atoms with Gasteiger partial charge < -0.3 is 0 Å². The van der Waals surface area contributed by atoms with Crippen molar-refractivity contribution in [3.63, 3.8) is 0 Å². The molecule has 0 aromatic heterocycles. The molecule has 35 heavy (non-hydrogen) atoms. The maximum absolute atomic E-state index is 3.31. The molecular weight excluding hydrogens is 456 g/mol. The van der Waals surface area contributed by atoms with Crippen LogP contribution in [0.15, 0.2) is 109 Å². The molecule has 2 saturated carbocycles. The van der Waals surface area contributed by atoms with Crippen LogP contribution >= 0.6 is 0 Å². The Morgan fingerprint density at radius 2 is 0.800 bits per heavy atom. The van der Waals surface area contributed by atoms with Crippen LogP contribution in [-0.4, -0.2) is 0 Å². The van der Waals surface area contributed by atoms with Gasteiger partial charge in [-0.3, -0.25) is 0 Å². The summed E-state index contributed by atoms with van der Waals surface area (Å²) in [5.74, 6) is 1.46. The minimum absolute atomic E-state index is 0.138. The van der Waals surface area contributed by atoms with E-state index in [1.807, 2.05) is 0 Å². The van der Waals surface area contributed by atoms with Gasteiger partial charge in [0.2, 0.25) is 0 Å². The number of rotatable bonds is 6. The molecule has 0 nitrogen and oxygen atoms in total. The molecule has 0 atom stereocenters. The van der Waals surface area contributed by atoms with Crippen molar-refractivity contribution in [2.75, 3.05) is 0 Å². The fourth-order valence-electron chi connectivity index (χ4n) is 8.71. The van der Waals surface area contributed by atoms with E-state index in [4.69, 9.17) is 0 Å². The van der Waals surface area contributed by atoms with E-state index in [9.17, 15) is 0 Å². The summed E-state index contributed by atoms with van der Waals surface area (Å²) in [6, 6.07) is 23.9. The monoisotopic (exact) mass is 496 g/mol. The van der Waals surface area contributed by atoms with Gasteiger partial charge in [0, 0.05) is 0 Å². The number of allylic oxidation sites excluding steroid dienone is 8. The average Bonchev–Trinajstić information content (AvgIpc) is 3.64. The second kappa shape index (κ2) is 9.87. The van der Waals surface area contributed by atoms with Crippen molar-refractivity contribution in [3.05, 3.63) is 109 Å². The van der Waals surface area contributed by atoms with Crippen LogP contribution in [0.2, 0.25) is 7.44 Å². The Hall–Kier alpha value is -1.89. The predicted molar refractivity (Wildman–Crippen MR) is 147 cm³/mol. The Labute approximate surface area is 216 Å². The normalized spacial score (nSPS) is 23.8. The van der Waals surface area contributed by atoms with E-state index in [1.54, 1.807) is 7.74 Å². The van der Waals surface area contributed by atoms with E-state index < -0.39 is 16.6 Å². The molecule has 4 aliphatic rings. The van der Waals surface area contributed by atoms with Crippen molar-refractivity contribution in [1.82, 2.24) is 0 Å². The summed E-state index contributed by atoms with van der Waals surface area (Å²) in [5.41, 5.74) is 0. The van der Waals surface area contributed by atoms with Crippen LogP contribution in [-0.2, 0) is 16.6 Å². The van der Waals surface area contributed by atoms with Crippen LogP contribution in [0.5, 0.6) is 0 Å². The van der Waals surface area contributed by atoms with Crippen molar-refractivity contribution >= 4 is 7.74 Å². The van der Waals surface area contributed by atoms with Gasteiger partial charge >= 0.3 is 217 Å². The van der Waals surface area contributed by atoms with Crippen molar-refractivity contribution in [2.45, 2.75) is 71.6 Å². The van der Waals surface area contributed by atoms with Gasteiger partial charge in [0.25, 0.3) is 0 Å². The van der Waals surface area contributed by atoms with Gasteiger partial charge in [0.05, 0.1) is 0 Å². The fraction of sp³-hybridized carbons (Fsp3) is 0.412. The summed E-state index contributed by atoms with van der Waals surface area (Å²) >= 11 is -3.31. The number of hydrogen-bond acceptors (Lipinski definition) is 0. The molecule has 2 aromatic carbocycles. The summed E-state index contributed by atoms with van der Waals surface area (Å²) in [6.07, 6.45) is 34.4. The molecule has 1 heteroatoms. The Kier molecular flexibility index (Phi) is 6.63. The van der Waals surface area contributed by atoms with Gasteiger partial charge in [-0.1, -0.05) is 0 Å². The second-order valence-corrected chi connectivity index (χ2v) is 18.3. The first kappa shape index (κ1) is 23.5. The van der Waals surface area contributed by atoms with E-state index >= 15 is 0 Å². The van der Waals surface area contributed by atoms with Gasteiger partial charge in [0.15, 0.2) is 0 Å². The predicted octanol–water partition coefficient (Wildman–Crippen LogP) is 8.52. The average molecular weight is 497 g/mol. The third-order valence-electron chi connectivity index (χ3n) is 9.98. The third-order valence-corrected chi connectivity index (χ3v) is 20.1. The zero-order valence-corrected chi connectivity index (χ0v) is 22.7. The molecule has 4 aliphatic carbocycles. The molecule has 0 N–H and O–H groups in total. The van der Waals surface area contributed by atoms with Crippen molar-refractivity contribution in [3.8, 4) is 0 Å². The molecular formula is C34H40Ti. The zero-order chi connectivity index (χ0) is 23.6. The quantitative estimate of drug-likeness (QED) is 0.352. The van der Waals surface area contributed by atoms with Crippen molar-refractivity contribution < 1.29 is 16.6 Å². The molecule has 2 fully saturated rings. The zero-order valence-electron chi connectivity index (χ0n) is 21.1. The summed E-state index contributed by atoms with van der Waals surface area (Å²) in [7, 11) is 0. The maximum atomic E-state index is 2.72. The van der Waals surface area contributed by atoms with Gasteiger partial charge in [-0.2, -0.15) is 0 Å². The van der Waals surface area contributed by atoms with E-state index in [0.29, 0.717) is 0 Å². The molecule has 2 aromatic rings. The van der Waals surface area contributed by atoms with Crippen molar-refractivity contribution in [1.29, 1.82) is 0 Å². The summed E-state index contributed by atoms with van der Waals surface area (Å²) < 4.78 is 3.61. The van der Waals surface area contributed by atoms with Crippen molar-refractivity contribution in [2.24, 2.45) is 11.8 Å². The first-order valence-corrected chi connectivity index (χ1v) is 17.3. The van der Waals surface area contributed by atoms with Gasteiger partial charge in [-0.15, -0.1) is 0 Å². The fourth-order valence-corrected chi connectivity index (χ4v) is 20.7. The summed E-state index contributed by atoms with van der Waals surface area (Å²) in [5, 5.41) is 0. The van der Waals surface area contributed by atoms with Gasteiger partial charge in [-0.05, 0) is 0 Å².